The van der Waals surface area contributed by atoms with Crippen LogP contribution in [0, 0.1) is 0 Å². The summed E-state index contributed by atoms with van der Waals surface area (Å²) in [6.45, 7) is 1.48. The van der Waals surface area contributed by atoms with Gasteiger partial charge in [0.05, 0.1) is 11.3 Å². The minimum absolute atomic E-state index is 0.186. The number of thioether (sulfide) groups is 1. The van der Waals surface area contributed by atoms with Gasteiger partial charge in [-0.1, -0.05) is 35.0 Å². The zero-order valence-electron chi connectivity index (χ0n) is 14.9. The lowest BCUT2D eigenvalue weighted by atomic mass is 10.0. The van der Waals surface area contributed by atoms with Crippen molar-refractivity contribution in [1.82, 2.24) is 10.1 Å². The lowest BCUT2D eigenvalue weighted by molar-refractivity contribution is -0.763. The number of hydrogen-bond acceptors (Lipinski definition) is 4. The SMILES string of the molecule is CSc1n[n+]2c(c(=O)[nH]1)-c1cc(Cl)ccc1N(C(C)=O)C2c1ccc(Cl)cc1. The Labute approximate surface area is 175 Å². The fraction of sp³-hybridized carbons (Fsp3) is 0.158. The Hall–Kier alpha value is -2.35. The molecule has 28 heavy (non-hydrogen) atoms. The molecule has 1 N–H and O–H groups in total. The summed E-state index contributed by atoms with van der Waals surface area (Å²) >= 11 is 13.5. The van der Waals surface area contributed by atoms with Crippen LogP contribution in [0.25, 0.3) is 11.3 Å². The smallest absolute Gasteiger partial charge is 0.291 e. The largest absolute Gasteiger partial charge is 0.325 e. The van der Waals surface area contributed by atoms with E-state index in [2.05, 4.69) is 10.1 Å². The number of aromatic amines is 1. The van der Waals surface area contributed by atoms with Gasteiger partial charge in [0.25, 0.3) is 6.17 Å². The van der Waals surface area contributed by atoms with E-state index in [4.69, 9.17) is 23.2 Å². The molecule has 9 heteroatoms. The molecule has 1 atom stereocenters. The molecule has 0 aliphatic carbocycles. The predicted molar refractivity (Wildman–Crippen MR) is 110 cm³/mol. The summed E-state index contributed by atoms with van der Waals surface area (Å²) in [4.78, 5) is 30.0. The molecular formula is C19H15Cl2N4O2S+. The van der Waals surface area contributed by atoms with Gasteiger partial charge in [-0.15, -0.1) is 0 Å². The molecule has 0 radical (unpaired) electrons. The van der Waals surface area contributed by atoms with Gasteiger partial charge < -0.3 is 0 Å². The Balaban J connectivity index is 2.10. The first-order valence-corrected chi connectivity index (χ1v) is 10.3. The van der Waals surface area contributed by atoms with Gasteiger partial charge in [-0.25, -0.2) is 4.90 Å². The Kier molecular flexibility index (Phi) is 4.91. The van der Waals surface area contributed by atoms with Crippen LogP contribution >= 0.6 is 35.0 Å². The summed E-state index contributed by atoms with van der Waals surface area (Å²) < 4.78 is 1.58. The van der Waals surface area contributed by atoms with E-state index in [0.717, 1.165) is 5.56 Å². The molecule has 1 amide bonds. The Morgan fingerprint density at radius 3 is 2.50 bits per heavy atom. The van der Waals surface area contributed by atoms with E-state index in [0.29, 0.717) is 32.1 Å². The maximum absolute atomic E-state index is 12.9. The second-order valence-electron chi connectivity index (χ2n) is 6.23. The number of fused-ring (bicyclic) bond motifs is 3. The monoisotopic (exact) mass is 433 g/mol. The minimum Gasteiger partial charge on any atom is -0.291 e. The molecule has 142 valence electrons. The highest BCUT2D eigenvalue weighted by atomic mass is 35.5. The van der Waals surface area contributed by atoms with Gasteiger partial charge in [0, 0.05) is 27.6 Å². The second kappa shape index (κ2) is 7.24. The number of halogens is 2. The Bertz CT molecular complexity index is 1150. The third-order valence-corrected chi connectivity index (χ3v) is 5.57. The molecule has 0 fully saturated rings. The number of anilines is 1. The Morgan fingerprint density at radius 2 is 1.86 bits per heavy atom. The van der Waals surface area contributed by atoms with Gasteiger partial charge in [-0.3, -0.25) is 14.6 Å². The van der Waals surface area contributed by atoms with E-state index in [1.54, 1.807) is 39.9 Å². The lowest BCUT2D eigenvalue weighted by Gasteiger charge is -2.31. The van der Waals surface area contributed by atoms with Crippen LogP contribution in [0.4, 0.5) is 5.69 Å². The van der Waals surface area contributed by atoms with Gasteiger partial charge in [0.2, 0.25) is 11.1 Å². The van der Waals surface area contributed by atoms with Crippen molar-refractivity contribution in [2.75, 3.05) is 11.2 Å². The summed E-state index contributed by atoms with van der Waals surface area (Å²) in [6.07, 6.45) is 1.19. The molecule has 3 aromatic rings. The van der Waals surface area contributed by atoms with Gasteiger partial charge in [-0.2, -0.15) is 0 Å². The van der Waals surface area contributed by atoms with Gasteiger partial charge in [0.15, 0.2) is 0 Å². The number of carbonyl (C=O) groups is 1. The van der Waals surface area contributed by atoms with Crippen molar-refractivity contribution in [2.24, 2.45) is 0 Å². The summed E-state index contributed by atoms with van der Waals surface area (Å²) in [6, 6.07) is 12.2. The lowest BCUT2D eigenvalue weighted by Crippen LogP contribution is -2.60. The van der Waals surface area contributed by atoms with E-state index in [9.17, 15) is 9.59 Å². The van der Waals surface area contributed by atoms with Crippen molar-refractivity contribution in [1.29, 1.82) is 0 Å². The van der Waals surface area contributed by atoms with E-state index in [1.165, 1.54) is 18.7 Å². The van der Waals surface area contributed by atoms with Gasteiger partial charge in [-0.05, 0) is 53.4 Å². The molecule has 2 aromatic carbocycles. The number of nitrogens with one attached hydrogen (secondary N) is 1. The average Bonchev–Trinajstić information content (AvgIpc) is 2.67. The number of aromatic nitrogens is 3. The number of nitrogens with zero attached hydrogens (tertiary/aromatic N) is 3. The molecule has 1 unspecified atom stereocenters. The zero-order chi connectivity index (χ0) is 20.0. The number of hydrogen-bond donors (Lipinski definition) is 1. The normalized spacial score (nSPS) is 15.1. The summed E-state index contributed by atoms with van der Waals surface area (Å²) in [7, 11) is 0. The number of amides is 1. The zero-order valence-corrected chi connectivity index (χ0v) is 17.3. The first kappa shape index (κ1) is 19.0. The van der Waals surface area contributed by atoms with Crippen LogP contribution in [0.2, 0.25) is 10.0 Å². The van der Waals surface area contributed by atoms with Crippen LogP contribution in [0.3, 0.4) is 0 Å². The van der Waals surface area contributed by atoms with Crippen LogP contribution < -0.4 is 15.1 Å². The molecule has 4 rings (SSSR count). The van der Waals surface area contributed by atoms with E-state index in [-0.39, 0.29) is 11.5 Å². The van der Waals surface area contributed by atoms with Crippen molar-refractivity contribution >= 4 is 46.6 Å². The van der Waals surface area contributed by atoms with E-state index < -0.39 is 6.17 Å². The summed E-state index contributed by atoms with van der Waals surface area (Å²) in [5.41, 5.74) is 1.96. The van der Waals surface area contributed by atoms with Crippen LogP contribution in [-0.2, 0) is 4.79 Å². The molecule has 0 spiro atoms. The fourth-order valence-electron chi connectivity index (χ4n) is 3.36. The van der Waals surface area contributed by atoms with Crippen LogP contribution in [0.1, 0.15) is 18.7 Å². The predicted octanol–water partition coefficient (Wildman–Crippen LogP) is 3.67. The molecule has 0 bridgehead atoms. The van der Waals surface area contributed by atoms with E-state index in [1.807, 2.05) is 18.4 Å². The highest BCUT2D eigenvalue weighted by molar-refractivity contribution is 7.98. The standard InChI is InChI=1S/C19H14Cl2N4O2S/c1-10(26)24-15-8-7-13(21)9-14(15)16-17(27)22-19(28-2)23-25(16)18(24)11-3-5-12(20)6-4-11/h3-9,18H,1-2H3/p+1. The molecule has 1 aromatic heterocycles. The first-order chi connectivity index (χ1) is 13.4. The fourth-order valence-corrected chi connectivity index (χ4v) is 4.03. The van der Waals surface area contributed by atoms with Crippen molar-refractivity contribution in [3.8, 4) is 11.3 Å². The van der Waals surface area contributed by atoms with E-state index >= 15 is 0 Å². The highest BCUT2D eigenvalue weighted by Crippen LogP contribution is 2.38. The first-order valence-electron chi connectivity index (χ1n) is 8.36. The summed E-state index contributed by atoms with van der Waals surface area (Å²) in [5.74, 6) is -0.186. The quantitative estimate of drug-likeness (QED) is 0.494. The highest BCUT2D eigenvalue weighted by Gasteiger charge is 2.44. The number of H-pyrrole nitrogens is 1. The van der Waals surface area contributed by atoms with Crippen molar-refractivity contribution in [3.63, 3.8) is 0 Å². The van der Waals surface area contributed by atoms with Gasteiger partial charge >= 0.3 is 11.3 Å². The average molecular weight is 434 g/mol. The van der Waals surface area contributed by atoms with Gasteiger partial charge in [0.1, 0.15) is 0 Å². The molecule has 1 aliphatic rings. The molecule has 2 heterocycles. The van der Waals surface area contributed by atoms with Crippen LogP contribution in [-0.4, -0.2) is 22.2 Å². The van der Waals surface area contributed by atoms with Crippen LogP contribution in [0.15, 0.2) is 52.4 Å². The number of benzene rings is 2. The maximum Gasteiger partial charge on any atom is 0.325 e. The minimum atomic E-state index is -0.633. The summed E-state index contributed by atoms with van der Waals surface area (Å²) in [5, 5.41) is 6.08. The third kappa shape index (κ3) is 3.09. The molecular weight excluding hydrogens is 419 g/mol. The third-order valence-electron chi connectivity index (χ3n) is 4.51. The number of carbonyl (C=O) groups excluding carboxylic acids is 1. The molecule has 6 nitrogen and oxygen atoms in total. The second-order valence-corrected chi connectivity index (χ2v) is 7.90. The van der Waals surface area contributed by atoms with Crippen molar-refractivity contribution < 1.29 is 9.48 Å². The van der Waals surface area contributed by atoms with Crippen LogP contribution in [0.5, 0.6) is 0 Å². The number of rotatable bonds is 2. The Morgan fingerprint density at radius 1 is 1.18 bits per heavy atom. The van der Waals surface area contributed by atoms with Crippen molar-refractivity contribution in [3.05, 3.63) is 68.4 Å². The van der Waals surface area contributed by atoms with Crippen molar-refractivity contribution in [2.45, 2.75) is 18.2 Å². The molecule has 0 saturated heterocycles. The molecule has 0 saturated carbocycles. The molecule has 1 aliphatic heterocycles. The maximum atomic E-state index is 12.9. The topological polar surface area (TPSA) is 69.9 Å².